The van der Waals surface area contributed by atoms with Gasteiger partial charge in [0.2, 0.25) is 0 Å². The molecular weight excluding hydrogens is 589 g/mol. The first-order valence-corrected chi connectivity index (χ1v) is 16.2. The van der Waals surface area contributed by atoms with Crippen LogP contribution < -0.4 is 9.64 Å². The van der Waals surface area contributed by atoms with Crippen molar-refractivity contribution in [2.45, 2.75) is 0 Å². The highest BCUT2D eigenvalue weighted by atomic mass is 16.5. The molecule has 10 rings (SSSR count). The number of fused-ring (bicyclic) bond motifs is 9. The average Bonchev–Trinajstić information content (AvgIpc) is 3.50. The topological polar surface area (TPSA) is 43.2 Å². The quantitative estimate of drug-likeness (QED) is 0.146. The van der Waals surface area contributed by atoms with Crippen LogP contribution >= 0.6 is 0 Å². The first-order valence-electron chi connectivity index (χ1n) is 16.2. The Hall–Kier alpha value is -6.46. The van der Waals surface area contributed by atoms with Crippen LogP contribution in [0.15, 0.2) is 152 Å². The fourth-order valence-corrected chi connectivity index (χ4v) is 7.41. The first-order chi connectivity index (χ1) is 23.7. The highest BCUT2D eigenvalue weighted by molar-refractivity contribution is 6.29. The third-order valence-electron chi connectivity index (χ3n) is 9.54. The van der Waals surface area contributed by atoms with Crippen molar-refractivity contribution in [3.8, 4) is 34.0 Å². The molecule has 0 atom stereocenters. The van der Waals surface area contributed by atoms with Crippen LogP contribution in [0.3, 0.4) is 0 Å². The molecule has 0 spiro atoms. The summed E-state index contributed by atoms with van der Waals surface area (Å²) in [6.07, 6.45) is 0. The largest absolute Gasteiger partial charge is 0.453 e. The molecule has 3 heterocycles. The normalized spacial score (nSPS) is 12.4. The minimum Gasteiger partial charge on any atom is -0.453 e. The summed E-state index contributed by atoms with van der Waals surface area (Å²) < 4.78 is 8.50. The van der Waals surface area contributed by atoms with Crippen molar-refractivity contribution in [2.75, 3.05) is 4.90 Å². The monoisotopic (exact) mass is 616 g/mol. The van der Waals surface area contributed by atoms with E-state index in [0.717, 1.165) is 89.1 Å². The molecule has 0 saturated heterocycles. The van der Waals surface area contributed by atoms with E-state index in [-0.39, 0.29) is 0 Å². The summed E-state index contributed by atoms with van der Waals surface area (Å²) in [6.45, 7) is 0. The summed E-state index contributed by atoms with van der Waals surface area (Å²) in [4.78, 5) is 13.0. The Balaban J connectivity index is 1.22. The number of aryl methyl sites for hydroxylation is 1. The van der Waals surface area contributed by atoms with E-state index >= 15 is 0 Å². The van der Waals surface area contributed by atoms with E-state index in [2.05, 4.69) is 132 Å². The lowest BCUT2D eigenvalue weighted by Crippen LogP contribution is -2.15. The smallest absolute Gasteiger partial charge is 0.151 e. The molecule has 7 aromatic carbocycles. The number of benzene rings is 7. The molecule has 0 N–H and O–H groups in total. The van der Waals surface area contributed by atoms with Crippen molar-refractivity contribution >= 4 is 60.7 Å². The van der Waals surface area contributed by atoms with E-state index in [1.165, 1.54) is 5.56 Å². The zero-order valence-corrected chi connectivity index (χ0v) is 26.1. The number of anilines is 3. The third-order valence-corrected chi connectivity index (χ3v) is 9.54. The van der Waals surface area contributed by atoms with Crippen LogP contribution in [-0.4, -0.2) is 14.5 Å². The van der Waals surface area contributed by atoms with Crippen molar-refractivity contribution in [1.29, 1.82) is 0 Å². The van der Waals surface area contributed by atoms with Crippen LogP contribution in [0.5, 0.6) is 11.5 Å². The minimum absolute atomic E-state index is 0.838. The van der Waals surface area contributed by atoms with Crippen LogP contribution in [0.2, 0.25) is 0 Å². The molecule has 1 aliphatic rings. The van der Waals surface area contributed by atoms with Gasteiger partial charge in [-0.1, -0.05) is 97.1 Å². The number of hydrogen-bond acceptors (Lipinski definition) is 4. The number of imidazole rings is 1. The SMILES string of the molecule is Cn1c(-c2ccc(N3c4ccccc4Oc4ccccc43)cc2)nc2c3ccccc3c3nc4ccccc4c(-c4ccccc4)c3c21. The number of para-hydroxylation sites is 5. The summed E-state index contributed by atoms with van der Waals surface area (Å²) in [6, 6.07) is 52.7. The molecule has 0 bridgehead atoms. The molecule has 1 aliphatic heterocycles. The van der Waals surface area contributed by atoms with Gasteiger partial charge in [-0.05, 0) is 60.2 Å². The summed E-state index contributed by atoms with van der Waals surface area (Å²) in [7, 11) is 2.13. The van der Waals surface area contributed by atoms with Crippen molar-refractivity contribution in [1.82, 2.24) is 14.5 Å². The van der Waals surface area contributed by atoms with Gasteiger partial charge >= 0.3 is 0 Å². The van der Waals surface area contributed by atoms with Gasteiger partial charge in [0.1, 0.15) is 5.82 Å². The number of aromatic nitrogens is 3. The van der Waals surface area contributed by atoms with Gasteiger partial charge in [-0.25, -0.2) is 9.97 Å². The lowest BCUT2D eigenvalue weighted by molar-refractivity contribution is 0.477. The molecular formula is C43H28N4O. The molecule has 0 aliphatic carbocycles. The maximum Gasteiger partial charge on any atom is 0.151 e. The molecule has 0 fully saturated rings. The molecule has 0 saturated carbocycles. The number of hydrogen-bond donors (Lipinski definition) is 0. The average molecular weight is 617 g/mol. The fraction of sp³-hybridized carbons (Fsp3) is 0.0233. The van der Waals surface area contributed by atoms with Gasteiger partial charge in [-0.2, -0.15) is 0 Å². The predicted octanol–water partition coefficient (Wildman–Crippen LogP) is 11.3. The van der Waals surface area contributed by atoms with Crippen molar-refractivity contribution in [3.63, 3.8) is 0 Å². The highest BCUT2D eigenvalue weighted by Gasteiger charge is 2.26. The van der Waals surface area contributed by atoms with E-state index in [1.54, 1.807) is 0 Å². The molecule has 48 heavy (non-hydrogen) atoms. The Morgan fingerprint density at radius 2 is 1.08 bits per heavy atom. The summed E-state index contributed by atoms with van der Waals surface area (Å²) in [5.41, 5.74) is 10.5. The molecule has 5 nitrogen and oxygen atoms in total. The standard InChI is InChI=1S/C43H28N4O/c1-46-42-39-38(27-13-3-2-4-14-27)32-17-7-8-18-33(32)44-40(39)30-15-5-6-16-31(30)41(42)45-43(46)28-23-25-29(26-24-28)47-34-19-9-11-21-36(34)48-37-22-12-10-20-35(37)47/h2-26H,1H3. The molecule has 0 radical (unpaired) electrons. The Morgan fingerprint density at radius 3 is 1.79 bits per heavy atom. The van der Waals surface area contributed by atoms with Crippen molar-refractivity contribution < 1.29 is 4.74 Å². The maximum atomic E-state index is 6.25. The Kier molecular flexibility index (Phi) is 5.72. The second-order valence-corrected chi connectivity index (χ2v) is 12.3. The fourth-order valence-electron chi connectivity index (χ4n) is 7.41. The Bertz CT molecular complexity index is 2670. The van der Waals surface area contributed by atoms with Gasteiger partial charge in [0.25, 0.3) is 0 Å². The van der Waals surface area contributed by atoms with Crippen LogP contribution in [0.4, 0.5) is 17.1 Å². The maximum absolute atomic E-state index is 6.25. The van der Waals surface area contributed by atoms with E-state index in [9.17, 15) is 0 Å². The van der Waals surface area contributed by atoms with Crippen LogP contribution in [-0.2, 0) is 7.05 Å². The molecule has 226 valence electrons. The van der Waals surface area contributed by atoms with E-state index in [1.807, 2.05) is 36.4 Å². The van der Waals surface area contributed by atoms with Crippen molar-refractivity contribution in [3.05, 3.63) is 152 Å². The summed E-state index contributed by atoms with van der Waals surface area (Å²) in [5.74, 6) is 2.58. The lowest BCUT2D eigenvalue weighted by atomic mass is 9.93. The number of pyridine rings is 1. The second-order valence-electron chi connectivity index (χ2n) is 12.3. The van der Waals surface area contributed by atoms with Crippen LogP contribution in [0.1, 0.15) is 0 Å². The minimum atomic E-state index is 0.838. The summed E-state index contributed by atoms with van der Waals surface area (Å²) >= 11 is 0. The second kappa shape index (κ2) is 10.3. The van der Waals surface area contributed by atoms with Crippen LogP contribution in [0, 0.1) is 0 Å². The van der Waals surface area contributed by atoms with Gasteiger partial charge in [0, 0.05) is 45.4 Å². The first kappa shape index (κ1) is 26.7. The number of rotatable bonds is 3. The zero-order valence-electron chi connectivity index (χ0n) is 26.1. The number of nitrogens with zero attached hydrogens (tertiary/aromatic N) is 4. The number of ether oxygens (including phenoxy) is 1. The Labute approximate surface area is 276 Å². The summed E-state index contributed by atoms with van der Waals surface area (Å²) in [5, 5.41) is 4.45. The van der Waals surface area contributed by atoms with Gasteiger partial charge in [-0.15, -0.1) is 0 Å². The van der Waals surface area contributed by atoms with Gasteiger partial charge in [-0.3, -0.25) is 0 Å². The van der Waals surface area contributed by atoms with Gasteiger partial charge in [0.15, 0.2) is 11.5 Å². The molecule has 0 amide bonds. The zero-order chi connectivity index (χ0) is 31.8. The van der Waals surface area contributed by atoms with E-state index in [4.69, 9.17) is 14.7 Å². The molecule has 2 aromatic heterocycles. The molecule has 5 heteroatoms. The van der Waals surface area contributed by atoms with Crippen LogP contribution in [0.25, 0.3) is 66.1 Å². The van der Waals surface area contributed by atoms with E-state index in [0.29, 0.717) is 0 Å². The molecule has 9 aromatic rings. The highest BCUT2D eigenvalue weighted by Crippen LogP contribution is 2.50. The van der Waals surface area contributed by atoms with Crippen molar-refractivity contribution in [2.24, 2.45) is 7.05 Å². The van der Waals surface area contributed by atoms with Gasteiger partial charge < -0.3 is 14.2 Å². The van der Waals surface area contributed by atoms with Gasteiger partial charge in [0.05, 0.1) is 33.4 Å². The lowest BCUT2D eigenvalue weighted by Gasteiger charge is -2.32. The van der Waals surface area contributed by atoms with E-state index < -0.39 is 0 Å². The Morgan fingerprint density at radius 1 is 0.500 bits per heavy atom. The third kappa shape index (κ3) is 3.85. The molecule has 0 unspecified atom stereocenters. The predicted molar refractivity (Wildman–Crippen MR) is 197 cm³/mol.